The Balaban J connectivity index is 1.75. The Hall–Kier alpha value is -2.67. The van der Waals surface area contributed by atoms with E-state index in [1.165, 1.54) is 18.3 Å². The van der Waals surface area contributed by atoms with E-state index in [1.807, 2.05) is 19.1 Å². The van der Waals surface area contributed by atoms with Crippen LogP contribution in [0.2, 0.25) is 0 Å². The van der Waals surface area contributed by atoms with Crippen LogP contribution in [0.15, 0.2) is 24.3 Å². The lowest BCUT2D eigenvalue weighted by molar-refractivity contribution is -0.123. The molecule has 1 aromatic heterocycles. The van der Waals surface area contributed by atoms with Crippen LogP contribution in [0.25, 0.3) is 0 Å². The highest BCUT2D eigenvalue weighted by molar-refractivity contribution is 7.17. The summed E-state index contributed by atoms with van der Waals surface area (Å²) in [5.74, 6) is -0.941. The highest BCUT2D eigenvalue weighted by Crippen LogP contribution is 2.40. The maximum absolute atomic E-state index is 12.7. The minimum Gasteiger partial charge on any atom is -0.462 e. The number of rotatable bonds is 6. The molecule has 1 heterocycles. The Labute approximate surface area is 180 Å². The Morgan fingerprint density at radius 2 is 1.90 bits per heavy atom. The topological polar surface area (TPSA) is 81.7 Å². The summed E-state index contributed by atoms with van der Waals surface area (Å²) >= 11 is 1.41. The van der Waals surface area contributed by atoms with Crippen molar-refractivity contribution in [1.29, 1.82) is 0 Å². The number of nitrogens with one attached hydrogen (secondary N) is 1. The van der Waals surface area contributed by atoms with Gasteiger partial charge in [0.15, 0.2) is 6.10 Å². The van der Waals surface area contributed by atoms with Crippen LogP contribution in [0.5, 0.6) is 0 Å². The van der Waals surface area contributed by atoms with Crippen LogP contribution < -0.4 is 5.32 Å². The van der Waals surface area contributed by atoms with E-state index in [9.17, 15) is 14.4 Å². The van der Waals surface area contributed by atoms with Crippen molar-refractivity contribution in [3.63, 3.8) is 0 Å². The quantitative estimate of drug-likeness (QED) is 0.682. The fraction of sp³-hybridized carbons (Fsp3) is 0.435. The number of carbonyl (C=O) groups is 3. The van der Waals surface area contributed by atoms with Crippen LogP contribution in [0, 0.1) is 12.8 Å². The van der Waals surface area contributed by atoms with Gasteiger partial charge < -0.3 is 14.8 Å². The first-order valence-corrected chi connectivity index (χ1v) is 11.0. The summed E-state index contributed by atoms with van der Waals surface area (Å²) in [6.45, 7) is 7.63. The monoisotopic (exact) mass is 429 g/mol. The summed E-state index contributed by atoms with van der Waals surface area (Å²) in [5, 5.41) is 3.26. The first kappa shape index (κ1) is 22.0. The fourth-order valence-corrected chi connectivity index (χ4v) is 4.85. The second-order valence-electron chi connectivity index (χ2n) is 7.68. The molecule has 0 saturated heterocycles. The van der Waals surface area contributed by atoms with Crippen molar-refractivity contribution in [1.82, 2.24) is 0 Å². The van der Waals surface area contributed by atoms with Gasteiger partial charge in [-0.15, -0.1) is 11.3 Å². The molecule has 1 aliphatic carbocycles. The number of hydrogen-bond acceptors (Lipinski definition) is 6. The first-order valence-electron chi connectivity index (χ1n) is 10.2. The lowest BCUT2D eigenvalue weighted by Gasteiger charge is -2.18. The number of amides is 1. The number of ether oxygens (including phenoxy) is 2. The van der Waals surface area contributed by atoms with Gasteiger partial charge in [-0.2, -0.15) is 0 Å². The zero-order chi connectivity index (χ0) is 21.8. The molecule has 1 amide bonds. The summed E-state index contributed by atoms with van der Waals surface area (Å²) in [4.78, 5) is 38.7. The number of anilines is 1. The molecule has 2 atom stereocenters. The zero-order valence-electron chi connectivity index (χ0n) is 17.7. The Morgan fingerprint density at radius 1 is 1.20 bits per heavy atom. The molecule has 2 aromatic rings. The van der Waals surface area contributed by atoms with Crippen molar-refractivity contribution < 1.29 is 23.9 Å². The molecule has 0 spiro atoms. The molecule has 1 aliphatic rings. The highest BCUT2D eigenvalue weighted by Gasteiger charge is 2.30. The lowest BCUT2D eigenvalue weighted by Crippen LogP contribution is -2.30. The molecule has 0 radical (unpaired) electrons. The summed E-state index contributed by atoms with van der Waals surface area (Å²) in [6, 6.07) is 6.94. The second kappa shape index (κ2) is 9.43. The number of benzene rings is 1. The van der Waals surface area contributed by atoms with Crippen molar-refractivity contribution >= 4 is 34.2 Å². The molecule has 0 bridgehead atoms. The fourth-order valence-electron chi connectivity index (χ4n) is 3.44. The van der Waals surface area contributed by atoms with E-state index in [-0.39, 0.29) is 6.61 Å². The van der Waals surface area contributed by atoms with Gasteiger partial charge in [0.25, 0.3) is 5.91 Å². The van der Waals surface area contributed by atoms with Crippen LogP contribution >= 0.6 is 11.3 Å². The van der Waals surface area contributed by atoms with E-state index in [4.69, 9.17) is 9.47 Å². The van der Waals surface area contributed by atoms with Gasteiger partial charge in [-0.1, -0.05) is 24.6 Å². The van der Waals surface area contributed by atoms with Crippen LogP contribution in [0.1, 0.15) is 63.9 Å². The van der Waals surface area contributed by atoms with Crippen molar-refractivity contribution in [3.8, 4) is 0 Å². The van der Waals surface area contributed by atoms with Gasteiger partial charge in [0, 0.05) is 4.88 Å². The number of carbonyl (C=O) groups excluding carboxylic acids is 3. The van der Waals surface area contributed by atoms with Gasteiger partial charge >= 0.3 is 11.9 Å². The summed E-state index contributed by atoms with van der Waals surface area (Å²) < 4.78 is 10.5. The third-order valence-corrected chi connectivity index (χ3v) is 6.34. The molecule has 160 valence electrons. The normalized spacial score (nSPS) is 16.3. The molecule has 0 saturated carbocycles. The second-order valence-corrected chi connectivity index (χ2v) is 8.78. The molecule has 1 aromatic carbocycles. The van der Waals surface area contributed by atoms with Crippen LogP contribution in [-0.4, -0.2) is 30.6 Å². The third-order valence-electron chi connectivity index (χ3n) is 5.17. The van der Waals surface area contributed by atoms with E-state index < -0.39 is 23.9 Å². The maximum Gasteiger partial charge on any atom is 0.341 e. The average Bonchev–Trinajstić information content (AvgIpc) is 3.05. The van der Waals surface area contributed by atoms with Gasteiger partial charge in [0.2, 0.25) is 0 Å². The number of fused-ring (bicyclic) bond motifs is 1. The number of thiophene rings is 1. The van der Waals surface area contributed by atoms with Crippen LogP contribution in [0.4, 0.5) is 5.00 Å². The van der Waals surface area contributed by atoms with Crippen molar-refractivity contribution in [2.45, 2.75) is 53.1 Å². The Bertz CT molecular complexity index is 947. The van der Waals surface area contributed by atoms with Gasteiger partial charge in [-0.3, -0.25) is 4.79 Å². The molecule has 0 unspecified atom stereocenters. The first-order chi connectivity index (χ1) is 14.3. The molecule has 7 heteroatoms. The number of aryl methyl sites for hydroxylation is 1. The molecular formula is C23H27NO5S. The molecule has 1 N–H and O–H groups in total. The SMILES string of the molecule is CCOC(=O)c1c(NC(=O)[C@H](C)OC(=O)c2ccc(C)cc2)sc2c1CC[C@H](C)C2. The zero-order valence-corrected chi connectivity index (χ0v) is 18.6. The molecule has 6 nitrogen and oxygen atoms in total. The van der Waals surface area contributed by atoms with Gasteiger partial charge in [0.1, 0.15) is 5.00 Å². The third kappa shape index (κ3) is 4.90. The molecule has 3 rings (SSSR count). The smallest absolute Gasteiger partial charge is 0.341 e. The average molecular weight is 430 g/mol. The predicted molar refractivity (Wildman–Crippen MR) is 116 cm³/mol. The van der Waals surface area contributed by atoms with E-state index >= 15 is 0 Å². The van der Waals surface area contributed by atoms with Crippen LogP contribution in [-0.2, 0) is 27.1 Å². The maximum atomic E-state index is 12.7. The van der Waals surface area contributed by atoms with Crippen LogP contribution in [0.3, 0.4) is 0 Å². The van der Waals surface area contributed by atoms with E-state index in [0.717, 1.165) is 35.3 Å². The van der Waals surface area contributed by atoms with E-state index in [2.05, 4.69) is 12.2 Å². The van der Waals surface area contributed by atoms with E-state index in [0.29, 0.717) is 22.0 Å². The standard InChI is InChI=1S/C23H27NO5S/c1-5-28-23(27)19-17-11-8-14(3)12-18(17)30-21(19)24-20(25)15(4)29-22(26)16-9-6-13(2)7-10-16/h6-7,9-10,14-15H,5,8,11-12H2,1-4H3,(H,24,25)/t14-,15-/m0/s1. The predicted octanol–water partition coefficient (Wildman–Crippen LogP) is 4.54. The minimum atomic E-state index is -1.01. The summed E-state index contributed by atoms with van der Waals surface area (Å²) in [5.41, 5.74) is 2.82. The molecule has 0 aliphatic heterocycles. The van der Waals surface area contributed by atoms with Crippen molar-refractivity contribution in [2.75, 3.05) is 11.9 Å². The van der Waals surface area contributed by atoms with Gasteiger partial charge in [-0.25, -0.2) is 9.59 Å². The van der Waals surface area contributed by atoms with Crippen molar-refractivity contribution in [2.24, 2.45) is 5.92 Å². The highest BCUT2D eigenvalue weighted by atomic mass is 32.1. The molecular weight excluding hydrogens is 402 g/mol. The summed E-state index contributed by atoms with van der Waals surface area (Å²) in [7, 11) is 0. The summed E-state index contributed by atoms with van der Waals surface area (Å²) in [6.07, 6.45) is 1.65. The number of esters is 2. The molecule has 30 heavy (non-hydrogen) atoms. The van der Waals surface area contributed by atoms with Gasteiger partial charge in [-0.05, 0) is 63.6 Å². The number of hydrogen-bond donors (Lipinski definition) is 1. The Kier molecular flexibility index (Phi) is 6.92. The lowest BCUT2D eigenvalue weighted by atomic mass is 9.88. The Morgan fingerprint density at radius 3 is 2.57 bits per heavy atom. The molecule has 0 fully saturated rings. The van der Waals surface area contributed by atoms with Gasteiger partial charge in [0.05, 0.1) is 17.7 Å². The van der Waals surface area contributed by atoms with E-state index in [1.54, 1.807) is 19.1 Å². The largest absolute Gasteiger partial charge is 0.462 e. The minimum absolute atomic E-state index is 0.262. The van der Waals surface area contributed by atoms with Crippen molar-refractivity contribution in [3.05, 3.63) is 51.4 Å².